The average molecular weight is 303 g/mol. The molecule has 0 radical (unpaired) electrons. The Labute approximate surface area is 113 Å². The third-order valence-electron chi connectivity index (χ3n) is 2.82. The van der Waals surface area contributed by atoms with Crippen LogP contribution in [-0.2, 0) is 0 Å². The number of halogens is 1. The SMILES string of the molecule is COc1ccc(-c2cn3ccccc3n2)c(Br)c1. The van der Waals surface area contributed by atoms with E-state index in [0.717, 1.165) is 27.1 Å². The Kier molecular flexibility index (Phi) is 2.80. The van der Waals surface area contributed by atoms with Crippen LogP contribution in [0.3, 0.4) is 0 Å². The molecule has 0 atom stereocenters. The van der Waals surface area contributed by atoms with Gasteiger partial charge in [-0.3, -0.25) is 0 Å². The van der Waals surface area contributed by atoms with E-state index >= 15 is 0 Å². The molecule has 0 N–H and O–H groups in total. The first-order valence-electron chi connectivity index (χ1n) is 5.55. The number of methoxy groups -OCH3 is 1. The van der Waals surface area contributed by atoms with E-state index in [0.29, 0.717) is 0 Å². The van der Waals surface area contributed by atoms with E-state index in [1.54, 1.807) is 7.11 Å². The number of rotatable bonds is 2. The second kappa shape index (κ2) is 4.46. The van der Waals surface area contributed by atoms with Gasteiger partial charge in [0.1, 0.15) is 11.4 Å². The van der Waals surface area contributed by atoms with Crippen molar-refractivity contribution in [2.75, 3.05) is 7.11 Å². The molecule has 0 bridgehead atoms. The van der Waals surface area contributed by atoms with E-state index in [1.165, 1.54) is 0 Å². The summed E-state index contributed by atoms with van der Waals surface area (Å²) in [4.78, 5) is 4.59. The van der Waals surface area contributed by atoms with E-state index in [9.17, 15) is 0 Å². The van der Waals surface area contributed by atoms with Crippen LogP contribution in [0.4, 0.5) is 0 Å². The van der Waals surface area contributed by atoms with E-state index in [-0.39, 0.29) is 0 Å². The third-order valence-corrected chi connectivity index (χ3v) is 3.47. The van der Waals surface area contributed by atoms with Crippen molar-refractivity contribution in [2.24, 2.45) is 0 Å². The molecule has 2 heterocycles. The molecule has 1 aromatic carbocycles. The second-order valence-corrected chi connectivity index (χ2v) is 4.79. The molecule has 18 heavy (non-hydrogen) atoms. The second-order valence-electron chi connectivity index (χ2n) is 3.94. The largest absolute Gasteiger partial charge is 0.497 e. The lowest BCUT2D eigenvalue weighted by molar-refractivity contribution is 0.414. The molecule has 90 valence electrons. The Morgan fingerprint density at radius 2 is 2.11 bits per heavy atom. The van der Waals surface area contributed by atoms with Crippen molar-refractivity contribution < 1.29 is 4.74 Å². The lowest BCUT2D eigenvalue weighted by Gasteiger charge is -2.04. The Bertz CT molecular complexity index is 673. The fourth-order valence-electron chi connectivity index (χ4n) is 1.89. The van der Waals surface area contributed by atoms with Crippen molar-refractivity contribution in [3.8, 4) is 17.0 Å². The molecule has 3 aromatic rings. The summed E-state index contributed by atoms with van der Waals surface area (Å²) in [6, 6.07) is 11.8. The Morgan fingerprint density at radius 1 is 1.22 bits per heavy atom. The highest BCUT2D eigenvalue weighted by molar-refractivity contribution is 9.10. The minimum atomic E-state index is 0.828. The summed E-state index contributed by atoms with van der Waals surface area (Å²) in [6.45, 7) is 0. The quantitative estimate of drug-likeness (QED) is 0.720. The van der Waals surface area contributed by atoms with E-state index in [2.05, 4.69) is 20.9 Å². The van der Waals surface area contributed by atoms with Crippen LogP contribution in [0.2, 0.25) is 0 Å². The molecule has 0 spiro atoms. The monoisotopic (exact) mass is 302 g/mol. The molecule has 0 aliphatic heterocycles. The van der Waals surface area contributed by atoms with Crippen molar-refractivity contribution in [1.29, 1.82) is 0 Å². The number of imidazole rings is 1. The van der Waals surface area contributed by atoms with Gasteiger partial charge in [-0.2, -0.15) is 0 Å². The Balaban J connectivity index is 2.14. The molecule has 4 heteroatoms. The van der Waals surface area contributed by atoms with E-state index in [1.807, 2.05) is 53.2 Å². The van der Waals surface area contributed by atoms with Crippen LogP contribution in [0.1, 0.15) is 0 Å². The lowest BCUT2D eigenvalue weighted by atomic mass is 10.1. The number of hydrogen-bond donors (Lipinski definition) is 0. The first-order chi connectivity index (χ1) is 8.78. The number of fused-ring (bicyclic) bond motifs is 1. The molecule has 3 rings (SSSR count). The molecule has 3 nitrogen and oxygen atoms in total. The first-order valence-corrected chi connectivity index (χ1v) is 6.35. The first kappa shape index (κ1) is 11.3. The highest BCUT2D eigenvalue weighted by Gasteiger charge is 2.08. The van der Waals surface area contributed by atoms with Gasteiger partial charge in [0, 0.05) is 22.4 Å². The summed E-state index contributed by atoms with van der Waals surface area (Å²) < 4.78 is 8.17. The van der Waals surface area contributed by atoms with Gasteiger partial charge in [-0.25, -0.2) is 4.98 Å². The maximum atomic E-state index is 5.19. The van der Waals surface area contributed by atoms with Crippen LogP contribution >= 0.6 is 15.9 Å². The van der Waals surface area contributed by atoms with Gasteiger partial charge < -0.3 is 9.14 Å². The Morgan fingerprint density at radius 3 is 2.83 bits per heavy atom. The molecule has 0 amide bonds. The van der Waals surface area contributed by atoms with Gasteiger partial charge in [0.05, 0.1) is 12.8 Å². The van der Waals surface area contributed by atoms with Crippen molar-refractivity contribution in [3.63, 3.8) is 0 Å². The summed E-state index contributed by atoms with van der Waals surface area (Å²) in [5.74, 6) is 0.828. The van der Waals surface area contributed by atoms with Gasteiger partial charge in [-0.05, 0) is 46.3 Å². The highest BCUT2D eigenvalue weighted by atomic mass is 79.9. The van der Waals surface area contributed by atoms with Gasteiger partial charge in [-0.1, -0.05) is 6.07 Å². The fraction of sp³-hybridized carbons (Fsp3) is 0.0714. The molecule has 2 aromatic heterocycles. The van der Waals surface area contributed by atoms with Crippen LogP contribution in [-0.4, -0.2) is 16.5 Å². The zero-order valence-corrected chi connectivity index (χ0v) is 11.4. The zero-order valence-electron chi connectivity index (χ0n) is 9.80. The van der Waals surface area contributed by atoms with Crippen LogP contribution in [0.15, 0.2) is 53.3 Å². The molecule has 0 aliphatic rings. The number of nitrogens with zero attached hydrogens (tertiary/aromatic N) is 2. The molecule has 0 fully saturated rings. The number of ether oxygens (including phenoxy) is 1. The number of aromatic nitrogens is 2. The summed E-state index contributed by atoms with van der Waals surface area (Å²) >= 11 is 3.55. The standard InChI is InChI=1S/C14H11BrN2O/c1-18-10-5-6-11(12(15)8-10)13-9-17-7-3-2-4-14(17)16-13/h2-9H,1H3. The van der Waals surface area contributed by atoms with Crippen molar-refractivity contribution >= 4 is 21.6 Å². The maximum Gasteiger partial charge on any atom is 0.137 e. The van der Waals surface area contributed by atoms with Crippen LogP contribution < -0.4 is 4.74 Å². The summed E-state index contributed by atoms with van der Waals surface area (Å²) in [5.41, 5.74) is 2.94. The van der Waals surface area contributed by atoms with Gasteiger partial charge in [0.15, 0.2) is 0 Å². The van der Waals surface area contributed by atoms with Crippen LogP contribution in [0.5, 0.6) is 5.75 Å². The van der Waals surface area contributed by atoms with Gasteiger partial charge in [0.2, 0.25) is 0 Å². The smallest absolute Gasteiger partial charge is 0.137 e. The molecule has 0 aliphatic carbocycles. The van der Waals surface area contributed by atoms with Crippen molar-refractivity contribution in [1.82, 2.24) is 9.38 Å². The predicted molar refractivity (Wildman–Crippen MR) is 74.9 cm³/mol. The fourth-order valence-corrected chi connectivity index (χ4v) is 2.46. The summed E-state index contributed by atoms with van der Waals surface area (Å²) in [6.07, 6.45) is 4.01. The average Bonchev–Trinajstić information content (AvgIpc) is 2.81. The number of hydrogen-bond acceptors (Lipinski definition) is 2. The minimum Gasteiger partial charge on any atom is -0.497 e. The maximum absolute atomic E-state index is 5.19. The molecule has 0 unspecified atom stereocenters. The summed E-state index contributed by atoms with van der Waals surface area (Å²) in [5, 5.41) is 0. The molecule has 0 saturated heterocycles. The van der Waals surface area contributed by atoms with E-state index in [4.69, 9.17) is 4.74 Å². The third kappa shape index (κ3) is 1.88. The molecule has 0 saturated carbocycles. The normalized spacial score (nSPS) is 10.8. The predicted octanol–water partition coefficient (Wildman–Crippen LogP) is 3.77. The van der Waals surface area contributed by atoms with Crippen LogP contribution in [0, 0.1) is 0 Å². The molecular weight excluding hydrogens is 292 g/mol. The summed E-state index contributed by atoms with van der Waals surface area (Å²) in [7, 11) is 1.66. The highest BCUT2D eigenvalue weighted by Crippen LogP contribution is 2.30. The van der Waals surface area contributed by atoms with Gasteiger partial charge in [-0.15, -0.1) is 0 Å². The van der Waals surface area contributed by atoms with Crippen molar-refractivity contribution in [3.05, 3.63) is 53.3 Å². The topological polar surface area (TPSA) is 26.5 Å². The van der Waals surface area contributed by atoms with Gasteiger partial charge in [0.25, 0.3) is 0 Å². The number of benzene rings is 1. The minimum absolute atomic E-state index is 0.828. The zero-order chi connectivity index (χ0) is 12.5. The van der Waals surface area contributed by atoms with E-state index < -0.39 is 0 Å². The lowest BCUT2D eigenvalue weighted by Crippen LogP contribution is -1.84. The van der Waals surface area contributed by atoms with Crippen molar-refractivity contribution in [2.45, 2.75) is 0 Å². The number of pyridine rings is 1. The van der Waals surface area contributed by atoms with Crippen LogP contribution in [0.25, 0.3) is 16.9 Å². The van der Waals surface area contributed by atoms with Gasteiger partial charge >= 0.3 is 0 Å². The Hall–Kier alpha value is -1.81. The molecular formula is C14H11BrN2O.